The number of carbonyl (C=O) groups excluding carboxylic acids is 1. The number of hydrogen-bond acceptors (Lipinski definition) is 4. The largest absolute Gasteiger partial charge is 0.494 e. The van der Waals surface area contributed by atoms with E-state index in [4.69, 9.17) is 9.47 Å². The summed E-state index contributed by atoms with van der Waals surface area (Å²) in [7, 11) is 3.16. The number of nitrogens with one attached hydrogen (secondary N) is 1. The minimum atomic E-state index is -0.844. The topological polar surface area (TPSA) is 60.5 Å². The number of pyridine rings is 1. The molecule has 1 N–H and O–H groups in total. The number of hydrogen-bond donors (Lipinski definition) is 1. The fraction of sp³-hybridized carbons (Fsp3) is 0.412. The Balaban J connectivity index is 2.38. The molecule has 0 saturated heterocycles. The van der Waals surface area contributed by atoms with Crippen LogP contribution in [0.2, 0.25) is 0 Å². The van der Waals surface area contributed by atoms with Crippen LogP contribution in [0.5, 0.6) is 5.75 Å². The van der Waals surface area contributed by atoms with Crippen molar-refractivity contribution in [3.8, 4) is 5.75 Å². The van der Waals surface area contributed by atoms with E-state index in [9.17, 15) is 4.79 Å². The minimum Gasteiger partial charge on any atom is -0.494 e. The van der Waals surface area contributed by atoms with Crippen molar-refractivity contribution in [1.82, 2.24) is 4.98 Å². The van der Waals surface area contributed by atoms with E-state index in [0.717, 1.165) is 17.3 Å². The molecule has 1 aromatic carbocycles. The average molecular weight is 302 g/mol. The number of methoxy groups -OCH3 is 2. The van der Waals surface area contributed by atoms with Crippen molar-refractivity contribution >= 4 is 22.5 Å². The third-order valence-corrected chi connectivity index (χ3v) is 3.86. The van der Waals surface area contributed by atoms with Crippen LogP contribution in [-0.4, -0.2) is 30.7 Å². The first-order valence-electron chi connectivity index (χ1n) is 7.34. The Morgan fingerprint density at radius 1 is 1.32 bits per heavy atom. The molecule has 0 fully saturated rings. The van der Waals surface area contributed by atoms with Crippen LogP contribution in [-0.2, 0) is 9.53 Å². The quantitative estimate of drug-likeness (QED) is 0.888. The summed E-state index contributed by atoms with van der Waals surface area (Å²) in [6.07, 6.45) is 3.22. The molecule has 22 heavy (non-hydrogen) atoms. The smallest absolute Gasteiger partial charge is 0.256 e. The van der Waals surface area contributed by atoms with Crippen molar-refractivity contribution in [2.75, 3.05) is 19.5 Å². The second-order valence-corrected chi connectivity index (χ2v) is 5.35. The zero-order valence-corrected chi connectivity index (χ0v) is 13.5. The zero-order chi connectivity index (χ0) is 16.2. The van der Waals surface area contributed by atoms with Crippen molar-refractivity contribution in [1.29, 1.82) is 0 Å². The normalized spacial score (nSPS) is 13.6. The summed E-state index contributed by atoms with van der Waals surface area (Å²) < 4.78 is 10.7. The molecule has 0 saturated carbocycles. The summed E-state index contributed by atoms with van der Waals surface area (Å²) >= 11 is 0. The lowest BCUT2D eigenvalue weighted by atomic mass is 9.99. The van der Waals surface area contributed by atoms with Crippen molar-refractivity contribution in [2.45, 2.75) is 32.3 Å². The van der Waals surface area contributed by atoms with Crippen LogP contribution in [0.15, 0.2) is 30.5 Å². The Labute approximate surface area is 130 Å². The molecule has 1 aromatic heterocycles. The van der Waals surface area contributed by atoms with Crippen molar-refractivity contribution in [2.24, 2.45) is 0 Å². The molecule has 1 heterocycles. The summed E-state index contributed by atoms with van der Waals surface area (Å²) in [6, 6.07) is 7.36. The van der Waals surface area contributed by atoms with Gasteiger partial charge in [-0.3, -0.25) is 9.78 Å². The van der Waals surface area contributed by atoms with E-state index in [2.05, 4.69) is 10.3 Å². The van der Waals surface area contributed by atoms with Gasteiger partial charge in [-0.2, -0.15) is 0 Å². The Morgan fingerprint density at radius 3 is 2.73 bits per heavy atom. The molecule has 5 heteroatoms. The van der Waals surface area contributed by atoms with Gasteiger partial charge in [0.05, 0.1) is 12.8 Å². The van der Waals surface area contributed by atoms with Crippen LogP contribution >= 0.6 is 0 Å². The van der Waals surface area contributed by atoms with Gasteiger partial charge >= 0.3 is 0 Å². The Kier molecular flexibility index (Phi) is 4.98. The summed E-state index contributed by atoms with van der Waals surface area (Å²) in [6.45, 7) is 3.83. The number of fused-ring (bicyclic) bond motifs is 1. The Bertz CT molecular complexity index is 672. The highest BCUT2D eigenvalue weighted by atomic mass is 16.5. The molecule has 1 atom stereocenters. The number of aromatic nitrogens is 1. The van der Waals surface area contributed by atoms with E-state index in [-0.39, 0.29) is 5.91 Å². The minimum absolute atomic E-state index is 0.160. The second kappa shape index (κ2) is 6.75. The van der Waals surface area contributed by atoms with Crippen LogP contribution in [0.3, 0.4) is 0 Å². The van der Waals surface area contributed by atoms with Gasteiger partial charge in [0, 0.05) is 18.7 Å². The zero-order valence-electron chi connectivity index (χ0n) is 13.5. The monoisotopic (exact) mass is 302 g/mol. The number of rotatable bonds is 6. The number of nitrogens with zero attached hydrogens (tertiary/aromatic N) is 1. The van der Waals surface area contributed by atoms with Crippen LogP contribution in [0.25, 0.3) is 10.9 Å². The molecule has 0 aliphatic carbocycles. The van der Waals surface area contributed by atoms with E-state index in [1.54, 1.807) is 33.4 Å². The maximum atomic E-state index is 12.6. The molecule has 0 unspecified atom stereocenters. The lowest BCUT2D eigenvalue weighted by Gasteiger charge is -2.26. The fourth-order valence-electron chi connectivity index (χ4n) is 2.46. The predicted octanol–water partition coefficient (Wildman–Crippen LogP) is 3.39. The van der Waals surface area contributed by atoms with Crippen LogP contribution in [0.1, 0.15) is 26.7 Å². The Morgan fingerprint density at radius 2 is 2.09 bits per heavy atom. The van der Waals surface area contributed by atoms with Gasteiger partial charge in [0.25, 0.3) is 5.91 Å². The lowest BCUT2D eigenvalue weighted by molar-refractivity contribution is -0.136. The summed E-state index contributed by atoms with van der Waals surface area (Å²) in [5, 5.41) is 3.79. The summed E-state index contributed by atoms with van der Waals surface area (Å²) in [4.78, 5) is 16.9. The first-order valence-corrected chi connectivity index (χ1v) is 7.34. The number of carbonyl (C=O) groups is 1. The van der Waals surface area contributed by atoms with Crippen LogP contribution < -0.4 is 10.1 Å². The van der Waals surface area contributed by atoms with Crippen LogP contribution in [0, 0.1) is 0 Å². The SMILES string of the molecule is CCC[C@@](C)(OC)C(=O)Nc1ccc(OC)c2ncccc12. The first-order chi connectivity index (χ1) is 10.6. The number of benzene rings is 1. The standard InChI is InChI=1S/C17H22N2O3/c1-5-10-17(2,22-4)16(20)19-13-8-9-14(21-3)15-12(13)7-6-11-18-15/h6-9,11H,5,10H2,1-4H3,(H,19,20)/t17-/m1/s1. The highest BCUT2D eigenvalue weighted by Crippen LogP contribution is 2.30. The third-order valence-electron chi connectivity index (χ3n) is 3.86. The summed E-state index contributed by atoms with van der Waals surface area (Å²) in [5.74, 6) is 0.517. The highest BCUT2D eigenvalue weighted by Gasteiger charge is 2.32. The van der Waals surface area contributed by atoms with E-state index in [0.29, 0.717) is 17.9 Å². The molecular formula is C17H22N2O3. The second-order valence-electron chi connectivity index (χ2n) is 5.35. The van der Waals surface area contributed by atoms with Crippen molar-refractivity contribution in [3.05, 3.63) is 30.5 Å². The number of anilines is 1. The van der Waals surface area contributed by atoms with Gasteiger partial charge in [0.1, 0.15) is 16.9 Å². The van der Waals surface area contributed by atoms with E-state index in [1.807, 2.05) is 25.1 Å². The molecular weight excluding hydrogens is 280 g/mol. The Hall–Kier alpha value is -2.14. The maximum Gasteiger partial charge on any atom is 0.256 e. The third kappa shape index (κ3) is 3.04. The van der Waals surface area contributed by atoms with Gasteiger partial charge in [-0.05, 0) is 37.6 Å². The maximum absolute atomic E-state index is 12.6. The van der Waals surface area contributed by atoms with E-state index < -0.39 is 5.60 Å². The van der Waals surface area contributed by atoms with E-state index >= 15 is 0 Å². The molecule has 1 amide bonds. The average Bonchev–Trinajstić information content (AvgIpc) is 2.55. The molecule has 118 valence electrons. The van der Waals surface area contributed by atoms with Gasteiger partial charge in [-0.25, -0.2) is 0 Å². The number of amides is 1. The fourth-order valence-corrected chi connectivity index (χ4v) is 2.46. The van der Waals surface area contributed by atoms with Gasteiger partial charge in [-0.1, -0.05) is 13.3 Å². The summed E-state index contributed by atoms with van der Waals surface area (Å²) in [5.41, 5.74) is 0.578. The first kappa shape index (κ1) is 16.2. The predicted molar refractivity (Wildman–Crippen MR) is 87.2 cm³/mol. The van der Waals surface area contributed by atoms with Crippen LogP contribution in [0.4, 0.5) is 5.69 Å². The number of ether oxygens (including phenoxy) is 2. The van der Waals surface area contributed by atoms with Gasteiger partial charge < -0.3 is 14.8 Å². The van der Waals surface area contributed by atoms with Gasteiger partial charge in [0.15, 0.2) is 0 Å². The van der Waals surface area contributed by atoms with Crippen molar-refractivity contribution < 1.29 is 14.3 Å². The lowest BCUT2D eigenvalue weighted by Crippen LogP contribution is -2.41. The molecule has 0 spiro atoms. The molecule has 0 aliphatic heterocycles. The van der Waals surface area contributed by atoms with Crippen molar-refractivity contribution in [3.63, 3.8) is 0 Å². The molecule has 0 radical (unpaired) electrons. The van der Waals surface area contributed by atoms with E-state index in [1.165, 1.54) is 0 Å². The molecule has 0 bridgehead atoms. The molecule has 5 nitrogen and oxygen atoms in total. The molecule has 2 aromatic rings. The highest BCUT2D eigenvalue weighted by molar-refractivity contribution is 6.05. The molecule has 2 rings (SSSR count). The molecule has 0 aliphatic rings. The van der Waals surface area contributed by atoms with Gasteiger partial charge in [0.2, 0.25) is 0 Å². The van der Waals surface area contributed by atoms with Gasteiger partial charge in [-0.15, -0.1) is 0 Å².